The van der Waals surface area contributed by atoms with Crippen LogP contribution in [0.2, 0.25) is 5.02 Å². The van der Waals surface area contributed by atoms with Crippen LogP contribution in [0.1, 0.15) is 68.0 Å². The highest BCUT2D eigenvalue weighted by Crippen LogP contribution is 2.48. The molecule has 6 rings (SSSR count). The predicted octanol–water partition coefficient (Wildman–Crippen LogP) is 6.08. The predicted molar refractivity (Wildman–Crippen MR) is 136 cm³/mol. The number of fused-ring (bicyclic) bond motifs is 1. The van der Waals surface area contributed by atoms with E-state index in [1.165, 1.54) is 17.2 Å². The summed E-state index contributed by atoms with van der Waals surface area (Å²) in [4.78, 5) is 13.0. The van der Waals surface area contributed by atoms with Crippen molar-refractivity contribution in [1.29, 1.82) is 0 Å². The molecule has 1 aliphatic heterocycles. The van der Waals surface area contributed by atoms with E-state index in [4.69, 9.17) is 16.3 Å². The zero-order valence-corrected chi connectivity index (χ0v) is 21.3. The molecule has 0 spiro atoms. The first-order valence-corrected chi connectivity index (χ1v) is 13.7. The molecule has 2 N–H and O–H groups in total. The molecular weight excluding hydrogens is 505 g/mol. The fraction of sp³-hybridized carbons (Fsp3) is 0.630. The molecule has 1 saturated heterocycles. The van der Waals surface area contributed by atoms with Crippen LogP contribution < -0.4 is 16.2 Å². The minimum atomic E-state index is -4.34. The highest BCUT2D eigenvalue weighted by Gasteiger charge is 2.45. The van der Waals surface area contributed by atoms with Gasteiger partial charge in [-0.2, -0.15) is 18.3 Å². The van der Waals surface area contributed by atoms with Crippen molar-refractivity contribution in [3.05, 3.63) is 50.9 Å². The van der Waals surface area contributed by atoms with Gasteiger partial charge in [-0.3, -0.25) is 4.79 Å². The number of hydrogen-bond acceptors (Lipinski definition) is 5. The van der Waals surface area contributed by atoms with Crippen molar-refractivity contribution in [1.82, 2.24) is 9.78 Å². The summed E-state index contributed by atoms with van der Waals surface area (Å²) in [6.45, 7) is 2.32. The number of aromatic nitrogens is 2. The van der Waals surface area contributed by atoms with Gasteiger partial charge in [-0.1, -0.05) is 11.6 Å². The Hall–Kier alpha value is -2.26. The lowest BCUT2D eigenvalue weighted by molar-refractivity contribution is -0.137. The lowest BCUT2D eigenvalue weighted by Gasteiger charge is -2.31. The van der Waals surface area contributed by atoms with Crippen LogP contribution in [0.3, 0.4) is 0 Å². The number of ether oxygens (including phenoxy) is 1. The van der Waals surface area contributed by atoms with Gasteiger partial charge in [-0.15, -0.1) is 0 Å². The van der Waals surface area contributed by atoms with Crippen molar-refractivity contribution in [3.8, 4) is 0 Å². The summed E-state index contributed by atoms with van der Waals surface area (Å²) in [5.41, 5.74) is 1.25. The summed E-state index contributed by atoms with van der Waals surface area (Å²) in [6, 6.07) is 4.12. The Bertz CT molecular complexity index is 1210. The molecule has 0 unspecified atom stereocenters. The topological polar surface area (TPSA) is 68.2 Å². The number of anilines is 2. The van der Waals surface area contributed by atoms with E-state index in [2.05, 4.69) is 15.7 Å². The summed E-state index contributed by atoms with van der Waals surface area (Å²) in [6.07, 6.45) is 3.47. The highest BCUT2D eigenvalue weighted by atomic mass is 35.5. The molecule has 3 atom stereocenters. The van der Waals surface area contributed by atoms with Crippen LogP contribution in [0.25, 0.3) is 0 Å². The molecular formula is C27H32ClF3N4O2. The van der Waals surface area contributed by atoms with Crippen molar-refractivity contribution in [3.63, 3.8) is 0 Å². The molecule has 10 heteroatoms. The number of rotatable bonds is 7. The number of benzene rings is 1. The number of halogens is 4. The molecule has 37 heavy (non-hydrogen) atoms. The first kappa shape index (κ1) is 25.0. The van der Waals surface area contributed by atoms with Gasteiger partial charge in [0.05, 0.1) is 30.1 Å². The molecule has 0 amide bonds. The zero-order valence-electron chi connectivity index (χ0n) is 20.6. The van der Waals surface area contributed by atoms with Gasteiger partial charge in [0.2, 0.25) is 0 Å². The monoisotopic (exact) mass is 536 g/mol. The van der Waals surface area contributed by atoms with E-state index in [1.807, 2.05) is 0 Å². The molecule has 1 aromatic carbocycles. The smallest absolute Gasteiger partial charge is 0.382 e. The Balaban J connectivity index is 1.07. The maximum atomic E-state index is 13.2. The molecule has 4 fully saturated rings. The minimum Gasteiger partial charge on any atom is -0.382 e. The normalized spacial score (nSPS) is 29.5. The number of hydrogen-bond donors (Lipinski definition) is 2. The van der Waals surface area contributed by atoms with Crippen LogP contribution in [0, 0.1) is 17.8 Å². The Labute approximate surface area is 218 Å². The quantitative estimate of drug-likeness (QED) is 0.448. The molecule has 2 aromatic rings. The van der Waals surface area contributed by atoms with Gasteiger partial charge in [-0.25, -0.2) is 4.68 Å². The van der Waals surface area contributed by atoms with Crippen LogP contribution in [0.5, 0.6) is 0 Å². The molecule has 3 aliphatic carbocycles. The molecule has 0 bridgehead atoms. The Kier molecular flexibility index (Phi) is 6.63. The second-order valence-corrected chi connectivity index (χ2v) is 11.6. The van der Waals surface area contributed by atoms with Gasteiger partial charge >= 0.3 is 6.18 Å². The van der Waals surface area contributed by atoms with Crippen molar-refractivity contribution >= 4 is 23.0 Å². The molecule has 2 heterocycles. The van der Waals surface area contributed by atoms with Gasteiger partial charge in [0.25, 0.3) is 5.56 Å². The maximum Gasteiger partial charge on any atom is 0.416 e. The summed E-state index contributed by atoms with van der Waals surface area (Å²) in [5, 5.41) is 11.4. The minimum absolute atomic E-state index is 0.0495. The SMILES string of the molecule is O=c1c(Cl)c(NC[C@@H]2COC[C@H]3C[C@@H]23)cnn1C1CCC(Nc2ccc(C(F)(F)F)cc2C2CC2)CC1. The van der Waals surface area contributed by atoms with E-state index in [1.54, 1.807) is 12.3 Å². The maximum absolute atomic E-state index is 13.2. The van der Waals surface area contributed by atoms with Gasteiger partial charge in [0, 0.05) is 30.8 Å². The van der Waals surface area contributed by atoms with Crippen LogP contribution in [-0.2, 0) is 10.9 Å². The third kappa shape index (κ3) is 5.35. The average molecular weight is 537 g/mol. The van der Waals surface area contributed by atoms with Crippen LogP contribution >= 0.6 is 11.6 Å². The van der Waals surface area contributed by atoms with E-state index >= 15 is 0 Å². The van der Waals surface area contributed by atoms with Gasteiger partial charge in [-0.05, 0) is 86.5 Å². The van der Waals surface area contributed by atoms with E-state index < -0.39 is 11.7 Å². The number of alkyl halides is 3. The highest BCUT2D eigenvalue weighted by molar-refractivity contribution is 6.32. The third-order valence-corrected chi connectivity index (χ3v) is 8.91. The average Bonchev–Trinajstić information content (AvgIpc) is 3.79. The largest absolute Gasteiger partial charge is 0.416 e. The summed E-state index contributed by atoms with van der Waals surface area (Å²) in [5.74, 6) is 2.03. The van der Waals surface area contributed by atoms with Gasteiger partial charge in [0.15, 0.2) is 0 Å². The Morgan fingerprint density at radius 2 is 1.86 bits per heavy atom. The second kappa shape index (κ2) is 9.80. The summed E-state index contributed by atoms with van der Waals surface area (Å²) >= 11 is 6.46. The van der Waals surface area contributed by atoms with Crippen molar-refractivity contribution in [2.75, 3.05) is 30.4 Å². The lowest BCUT2D eigenvalue weighted by Crippen LogP contribution is -2.34. The van der Waals surface area contributed by atoms with Crippen LogP contribution in [-0.4, -0.2) is 35.6 Å². The van der Waals surface area contributed by atoms with E-state index in [0.29, 0.717) is 23.4 Å². The molecule has 200 valence electrons. The van der Waals surface area contributed by atoms with Crippen LogP contribution in [0.15, 0.2) is 29.2 Å². The molecule has 3 saturated carbocycles. The molecule has 0 radical (unpaired) electrons. The van der Waals surface area contributed by atoms with Gasteiger partial charge in [0.1, 0.15) is 5.02 Å². The zero-order chi connectivity index (χ0) is 25.7. The van der Waals surface area contributed by atoms with Gasteiger partial charge < -0.3 is 15.4 Å². The van der Waals surface area contributed by atoms with Crippen molar-refractivity contribution in [2.24, 2.45) is 17.8 Å². The van der Waals surface area contributed by atoms with Crippen molar-refractivity contribution < 1.29 is 17.9 Å². The Morgan fingerprint density at radius 3 is 2.59 bits per heavy atom. The molecule has 1 aromatic heterocycles. The Morgan fingerprint density at radius 1 is 1.08 bits per heavy atom. The standard InChI is InChI=1S/C27H32ClF3N4O2/c28-25-24(32-11-17-14-37-13-16-9-21(16)17)12-33-35(26(25)36)20-6-4-19(5-7-20)34-23-8-3-18(27(29,30)31)10-22(23)15-1-2-15/h3,8,10,12,15-17,19-21,32,34H,1-2,4-7,9,11,13-14H2/t16-,17-,19?,20?,21-/m1/s1. The fourth-order valence-electron chi connectivity index (χ4n) is 6.10. The lowest BCUT2D eigenvalue weighted by atomic mass is 9.90. The van der Waals surface area contributed by atoms with E-state index in [0.717, 1.165) is 75.6 Å². The molecule has 4 aliphatic rings. The number of nitrogens with one attached hydrogen (secondary N) is 2. The first-order valence-electron chi connectivity index (χ1n) is 13.3. The number of nitrogens with zero attached hydrogens (tertiary/aromatic N) is 2. The van der Waals surface area contributed by atoms with Crippen LogP contribution in [0.4, 0.5) is 24.5 Å². The second-order valence-electron chi connectivity index (χ2n) is 11.2. The fourth-order valence-corrected chi connectivity index (χ4v) is 6.30. The summed E-state index contributed by atoms with van der Waals surface area (Å²) < 4.78 is 46.8. The first-order chi connectivity index (χ1) is 17.8. The summed E-state index contributed by atoms with van der Waals surface area (Å²) in [7, 11) is 0. The molecule has 6 nitrogen and oxygen atoms in total. The van der Waals surface area contributed by atoms with E-state index in [9.17, 15) is 18.0 Å². The van der Waals surface area contributed by atoms with Crippen molar-refractivity contribution in [2.45, 2.75) is 69.1 Å². The van der Waals surface area contributed by atoms with E-state index in [-0.39, 0.29) is 28.6 Å². The third-order valence-electron chi connectivity index (χ3n) is 8.54.